The highest BCUT2D eigenvalue weighted by molar-refractivity contribution is 7.09. The Labute approximate surface area is 135 Å². The molecule has 0 fully saturated rings. The van der Waals surface area contributed by atoms with E-state index in [2.05, 4.69) is 24.1 Å². The van der Waals surface area contributed by atoms with E-state index in [0.29, 0.717) is 12.5 Å². The first kappa shape index (κ1) is 18.4. The van der Waals surface area contributed by atoms with Gasteiger partial charge in [0.25, 0.3) is 0 Å². The predicted molar refractivity (Wildman–Crippen MR) is 86.9 cm³/mol. The van der Waals surface area contributed by atoms with Gasteiger partial charge >= 0.3 is 6.09 Å². The highest BCUT2D eigenvalue weighted by Crippen LogP contribution is 2.19. The summed E-state index contributed by atoms with van der Waals surface area (Å²) >= 11 is 1.60. The number of carbonyl (C=O) groups excluding carboxylic acids is 2. The first-order chi connectivity index (χ1) is 10.1. The van der Waals surface area contributed by atoms with Crippen LogP contribution in [0.3, 0.4) is 0 Å². The number of hydrogen-bond donors (Lipinski definition) is 1. The third-order valence-corrected chi connectivity index (χ3v) is 3.87. The molecule has 0 radical (unpaired) electrons. The lowest BCUT2D eigenvalue weighted by Crippen LogP contribution is -2.40. The fourth-order valence-corrected chi connectivity index (χ4v) is 2.41. The van der Waals surface area contributed by atoms with Crippen molar-refractivity contribution in [1.82, 2.24) is 15.2 Å². The Balaban J connectivity index is 2.43. The summed E-state index contributed by atoms with van der Waals surface area (Å²) in [6.45, 7) is 9.83. The SMILES string of the molecule is CC(C)c1nc(CN(C)C(=O)CNC(=O)OC(C)(C)C)cs1. The molecule has 1 aromatic rings. The molecule has 0 saturated carbocycles. The summed E-state index contributed by atoms with van der Waals surface area (Å²) in [7, 11) is 1.69. The summed E-state index contributed by atoms with van der Waals surface area (Å²) < 4.78 is 5.08. The van der Waals surface area contributed by atoms with Crippen LogP contribution in [0.2, 0.25) is 0 Å². The van der Waals surface area contributed by atoms with Gasteiger partial charge in [0.05, 0.1) is 17.2 Å². The van der Waals surface area contributed by atoms with E-state index >= 15 is 0 Å². The molecule has 1 N–H and O–H groups in total. The van der Waals surface area contributed by atoms with E-state index in [0.717, 1.165) is 10.7 Å². The van der Waals surface area contributed by atoms with Crippen LogP contribution in [-0.2, 0) is 16.1 Å². The van der Waals surface area contributed by atoms with E-state index in [4.69, 9.17) is 4.74 Å². The molecule has 22 heavy (non-hydrogen) atoms. The summed E-state index contributed by atoms with van der Waals surface area (Å²) in [6, 6.07) is 0. The fourth-order valence-electron chi connectivity index (χ4n) is 1.59. The molecule has 1 heterocycles. The Hall–Kier alpha value is -1.63. The highest BCUT2D eigenvalue weighted by Gasteiger charge is 2.18. The van der Waals surface area contributed by atoms with Gasteiger partial charge in [-0.05, 0) is 20.8 Å². The summed E-state index contributed by atoms with van der Waals surface area (Å²) in [6.07, 6.45) is -0.593. The molecule has 7 heteroatoms. The lowest BCUT2D eigenvalue weighted by Gasteiger charge is -2.20. The van der Waals surface area contributed by atoms with Crippen LogP contribution in [0.4, 0.5) is 4.79 Å². The Morgan fingerprint density at radius 2 is 2.05 bits per heavy atom. The van der Waals surface area contributed by atoms with Crippen LogP contribution in [0.15, 0.2) is 5.38 Å². The van der Waals surface area contributed by atoms with Crippen molar-refractivity contribution in [1.29, 1.82) is 0 Å². The topological polar surface area (TPSA) is 71.5 Å². The van der Waals surface area contributed by atoms with Crippen LogP contribution < -0.4 is 5.32 Å². The molecule has 1 aromatic heterocycles. The maximum Gasteiger partial charge on any atom is 0.408 e. The second kappa shape index (κ2) is 7.58. The normalized spacial score (nSPS) is 11.4. The molecule has 0 atom stereocenters. The van der Waals surface area contributed by atoms with E-state index in [1.165, 1.54) is 4.90 Å². The number of amides is 2. The maximum atomic E-state index is 12.0. The second-order valence-electron chi connectivity index (χ2n) is 6.44. The van der Waals surface area contributed by atoms with E-state index < -0.39 is 11.7 Å². The van der Waals surface area contributed by atoms with E-state index in [-0.39, 0.29) is 12.5 Å². The molecule has 0 saturated heterocycles. The van der Waals surface area contributed by atoms with Crippen molar-refractivity contribution in [2.75, 3.05) is 13.6 Å². The minimum Gasteiger partial charge on any atom is -0.444 e. The Kier molecular flexibility index (Phi) is 6.34. The average molecular weight is 327 g/mol. The molecule has 0 bridgehead atoms. The standard InChI is InChI=1S/C15H25N3O3S/c1-10(2)13-17-11(9-22-13)8-18(6)12(19)7-16-14(20)21-15(3,4)5/h9-10H,7-8H2,1-6H3,(H,16,20). The van der Waals surface area contributed by atoms with Crippen LogP contribution in [0.5, 0.6) is 0 Å². The van der Waals surface area contributed by atoms with Crippen molar-refractivity contribution in [3.05, 3.63) is 16.1 Å². The highest BCUT2D eigenvalue weighted by atomic mass is 32.1. The molecule has 1 rings (SSSR count). The number of alkyl carbamates (subject to hydrolysis) is 1. The number of thiazole rings is 1. The molecule has 2 amide bonds. The van der Waals surface area contributed by atoms with Gasteiger partial charge in [-0.3, -0.25) is 4.79 Å². The van der Waals surface area contributed by atoms with Crippen molar-refractivity contribution in [2.45, 2.75) is 52.7 Å². The number of aromatic nitrogens is 1. The van der Waals surface area contributed by atoms with Crippen molar-refractivity contribution in [3.63, 3.8) is 0 Å². The third kappa shape index (κ3) is 6.43. The number of likely N-dealkylation sites (N-methyl/N-ethyl adjacent to an activating group) is 1. The van der Waals surface area contributed by atoms with E-state index in [1.807, 2.05) is 5.38 Å². The van der Waals surface area contributed by atoms with Gasteiger partial charge in [-0.25, -0.2) is 9.78 Å². The quantitative estimate of drug-likeness (QED) is 0.902. The van der Waals surface area contributed by atoms with Gasteiger partial charge in [-0.15, -0.1) is 11.3 Å². The molecule has 0 spiro atoms. The Bertz CT molecular complexity index is 520. The molecular weight excluding hydrogens is 302 g/mol. The zero-order chi connectivity index (χ0) is 16.9. The number of nitrogens with one attached hydrogen (secondary N) is 1. The molecule has 124 valence electrons. The van der Waals surface area contributed by atoms with Crippen molar-refractivity contribution in [2.24, 2.45) is 0 Å². The van der Waals surface area contributed by atoms with Crippen LogP contribution in [-0.4, -0.2) is 41.1 Å². The Morgan fingerprint density at radius 3 is 2.55 bits per heavy atom. The van der Waals surface area contributed by atoms with E-state index in [1.54, 1.807) is 39.2 Å². The first-order valence-electron chi connectivity index (χ1n) is 7.23. The summed E-state index contributed by atoms with van der Waals surface area (Å²) in [5.41, 5.74) is 0.286. The lowest BCUT2D eigenvalue weighted by atomic mass is 10.2. The van der Waals surface area contributed by atoms with Crippen LogP contribution >= 0.6 is 11.3 Å². The molecular formula is C15H25N3O3S. The minimum absolute atomic E-state index is 0.0907. The summed E-state index contributed by atoms with van der Waals surface area (Å²) in [5, 5.41) is 5.48. The van der Waals surface area contributed by atoms with E-state index in [9.17, 15) is 9.59 Å². The van der Waals surface area contributed by atoms with Gasteiger partial charge < -0.3 is 15.0 Å². The molecule has 0 aliphatic carbocycles. The molecule has 0 aliphatic rings. The minimum atomic E-state index is -0.593. The monoisotopic (exact) mass is 327 g/mol. The molecule has 0 unspecified atom stereocenters. The van der Waals surface area contributed by atoms with Crippen molar-refractivity contribution < 1.29 is 14.3 Å². The average Bonchev–Trinajstić information content (AvgIpc) is 2.82. The number of hydrogen-bond acceptors (Lipinski definition) is 5. The van der Waals surface area contributed by atoms with Crippen LogP contribution in [0, 0.1) is 0 Å². The summed E-state index contributed by atoms with van der Waals surface area (Å²) in [5.74, 6) is 0.193. The number of carbonyl (C=O) groups is 2. The van der Waals surface area contributed by atoms with Crippen LogP contribution in [0.25, 0.3) is 0 Å². The predicted octanol–water partition coefficient (Wildman–Crippen LogP) is 2.75. The first-order valence-corrected chi connectivity index (χ1v) is 8.11. The Morgan fingerprint density at radius 1 is 1.41 bits per heavy atom. The zero-order valence-corrected chi connectivity index (χ0v) is 14.9. The number of rotatable bonds is 5. The summed E-state index contributed by atoms with van der Waals surface area (Å²) in [4.78, 5) is 29.5. The fraction of sp³-hybridized carbons (Fsp3) is 0.667. The van der Waals surface area contributed by atoms with Crippen molar-refractivity contribution >= 4 is 23.3 Å². The van der Waals surface area contributed by atoms with Crippen LogP contribution in [0.1, 0.15) is 51.2 Å². The van der Waals surface area contributed by atoms with Gasteiger partial charge in [0, 0.05) is 18.3 Å². The van der Waals surface area contributed by atoms with Gasteiger partial charge in [-0.2, -0.15) is 0 Å². The molecule has 0 aromatic carbocycles. The molecule has 6 nitrogen and oxygen atoms in total. The van der Waals surface area contributed by atoms with Gasteiger partial charge in [0.1, 0.15) is 12.1 Å². The van der Waals surface area contributed by atoms with Gasteiger partial charge in [0.15, 0.2) is 0 Å². The third-order valence-electron chi connectivity index (χ3n) is 2.67. The number of ether oxygens (including phenoxy) is 1. The lowest BCUT2D eigenvalue weighted by molar-refractivity contribution is -0.129. The zero-order valence-electron chi connectivity index (χ0n) is 14.1. The van der Waals surface area contributed by atoms with Gasteiger partial charge in [0.2, 0.25) is 5.91 Å². The second-order valence-corrected chi connectivity index (χ2v) is 7.33. The molecule has 0 aliphatic heterocycles. The largest absolute Gasteiger partial charge is 0.444 e. The smallest absolute Gasteiger partial charge is 0.408 e. The number of nitrogens with zero attached hydrogens (tertiary/aromatic N) is 2. The maximum absolute atomic E-state index is 12.0. The van der Waals surface area contributed by atoms with Gasteiger partial charge in [-0.1, -0.05) is 13.8 Å². The van der Waals surface area contributed by atoms with Crippen molar-refractivity contribution in [3.8, 4) is 0 Å².